The van der Waals surface area contributed by atoms with Crippen molar-refractivity contribution in [2.24, 2.45) is 0 Å². The maximum Gasteiger partial charge on any atom is 0.257 e. The molecule has 1 saturated heterocycles. The van der Waals surface area contributed by atoms with E-state index in [9.17, 15) is 24.0 Å². The van der Waals surface area contributed by atoms with Crippen LogP contribution in [0.15, 0.2) is 61.1 Å². The van der Waals surface area contributed by atoms with Crippen LogP contribution in [0.1, 0.15) is 58.3 Å². The van der Waals surface area contributed by atoms with Crippen molar-refractivity contribution in [1.29, 1.82) is 0 Å². The molecule has 58 heavy (non-hydrogen) atoms. The molecule has 0 saturated carbocycles. The van der Waals surface area contributed by atoms with Crippen LogP contribution in [0, 0.1) is 6.92 Å². The van der Waals surface area contributed by atoms with Crippen molar-refractivity contribution < 1.29 is 28.7 Å². The Bertz CT molecular complexity index is 2280. The lowest BCUT2D eigenvalue weighted by Gasteiger charge is -2.27. The number of hydrogen-bond donors (Lipinski definition) is 5. The third-order valence-electron chi connectivity index (χ3n) is 10.5. The molecule has 17 nitrogen and oxygen atoms in total. The van der Waals surface area contributed by atoms with Gasteiger partial charge >= 0.3 is 0 Å². The second-order valence-corrected chi connectivity index (χ2v) is 14.5. The van der Waals surface area contributed by atoms with Gasteiger partial charge < -0.3 is 45.4 Å². The van der Waals surface area contributed by atoms with Crippen molar-refractivity contribution in [1.82, 2.24) is 50.7 Å². The Morgan fingerprint density at radius 3 is 2.43 bits per heavy atom. The fraction of sp³-hybridized carbons (Fsp3) is 0.415. The van der Waals surface area contributed by atoms with E-state index in [1.807, 2.05) is 46.9 Å². The smallest absolute Gasteiger partial charge is 0.257 e. The summed E-state index contributed by atoms with van der Waals surface area (Å²) < 4.78 is 7.44. The molecule has 2 aromatic carbocycles. The van der Waals surface area contributed by atoms with Gasteiger partial charge in [0.1, 0.15) is 17.9 Å². The molecule has 0 radical (unpaired) electrons. The Kier molecular flexibility index (Phi) is 12.6. The standard InChI is InChI=1S/C41H49N11O6/c1-3-31-39(56)49-34(20-28-22-44-32-9-5-4-8-30(28)32)38(55)43-13-7-15-52-26(2)47-33-11-10-27(21-35(33)52)37(54)42-12-6-14-51(25-36(53)48-31)40(57)29-23-45-41(46-24-29)50-16-18-58-19-17-50/h4-5,8-11,21-24,31,34,44H,3,6-7,12-20,25H2,1-2H3,(H,42,54)(H,43,55)(H,48,53)(H,49,56)/t31-,34+/m0/s1. The number of carbonyl (C=O) groups is 5. The summed E-state index contributed by atoms with van der Waals surface area (Å²) in [7, 11) is 0. The number of carbonyl (C=O) groups excluding carboxylic acids is 5. The van der Waals surface area contributed by atoms with Gasteiger partial charge in [0, 0.05) is 80.7 Å². The van der Waals surface area contributed by atoms with Crippen LogP contribution >= 0.6 is 0 Å². The molecule has 5 amide bonds. The predicted octanol–water partition coefficient (Wildman–Crippen LogP) is 1.86. The summed E-state index contributed by atoms with van der Waals surface area (Å²) in [5, 5.41) is 12.5. The van der Waals surface area contributed by atoms with Crippen molar-refractivity contribution in [3.8, 4) is 0 Å². The molecule has 0 spiro atoms. The number of benzene rings is 2. The number of hydrogen-bond acceptors (Lipinski definition) is 10. The van der Waals surface area contributed by atoms with Crippen LogP contribution in [0.25, 0.3) is 21.9 Å². The Morgan fingerprint density at radius 1 is 0.879 bits per heavy atom. The highest BCUT2D eigenvalue weighted by Gasteiger charge is 2.29. The predicted molar refractivity (Wildman–Crippen MR) is 216 cm³/mol. The maximum absolute atomic E-state index is 13.9. The Labute approximate surface area is 335 Å². The van der Waals surface area contributed by atoms with Gasteiger partial charge in [-0.2, -0.15) is 0 Å². The topological polar surface area (TPSA) is 209 Å². The summed E-state index contributed by atoms with van der Waals surface area (Å²) in [4.78, 5) is 88.6. The Hall–Kier alpha value is -6.36. The summed E-state index contributed by atoms with van der Waals surface area (Å²) in [6.45, 7) is 6.83. The van der Waals surface area contributed by atoms with Crippen LogP contribution in [-0.2, 0) is 32.1 Å². The number of nitrogens with zero attached hydrogens (tertiary/aromatic N) is 6. The number of aromatic nitrogens is 5. The van der Waals surface area contributed by atoms with Gasteiger partial charge in [-0.25, -0.2) is 15.0 Å². The fourth-order valence-electron chi connectivity index (χ4n) is 7.37. The molecule has 0 unspecified atom stereocenters. The minimum Gasteiger partial charge on any atom is -0.378 e. The van der Waals surface area contributed by atoms with Gasteiger partial charge in [0.05, 0.1) is 36.4 Å². The molecule has 304 valence electrons. The quantitative estimate of drug-likeness (QED) is 0.175. The van der Waals surface area contributed by atoms with E-state index in [0.717, 1.165) is 33.3 Å². The molecule has 5 aromatic rings. The van der Waals surface area contributed by atoms with Crippen molar-refractivity contribution in [2.75, 3.05) is 57.4 Å². The third kappa shape index (κ3) is 9.26. The summed E-state index contributed by atoms with van der Waals surface area (Å²) in [5.41, 5.74) is 3.93. The molecule has 2 atom stereocenters. The molecule has 3 aromatic heterocycles. The van der Waals surface area contributed by atoms with E-state index in [0.29, 0.717) is 63.7 Å². The zero-order valence-electron chi connectivity index (χ0n) is 32.8. The minimum absolute atomic E-state index is 0.110. The van der Waals surface area contributed by atoms with Crippen LogP contribution in [0.5, 0.6) is 0 Å². The van der Waals surface area contributed by atoms with Gasteiger partial charge in [0.25, 0.3) is 11.8 Å². The van der Waals surface area contributed by atoms with Gasteiger partial charge in [-0.05, 0) is 56.0 Å². The largest absolute Gasteiger partial charge is 0.378 e. The van der Waals surface area contributed by atoms with E-state index in [2.05, 4.69) is 41.2 Å². The maximum atomic E-state index is 13.9. The molecule has 2 aliphatic heterocycles. The Balaban J connectivity index is 1.14. The molecule has 2 bridgehead atoms. The van der Waals surface area contributed by atoms with Crippen LogP contribution in [0.4, 0.5) is 5.95 Å². The molecule has 7 rings (SSSR count). The number of fused-ring (bicyclic) bond motifs is 2. The van der Waals surface area contributed by atoms with E-state index < -0.39 is 29.8 Å². The van der Waals surface area contributed by atoms with E-state index in [1.54, 1.807) is 25.1 Å². The minimum atomic E-state index is -0.989. The van der Waals surface area contributed by atoms with E-state index in [1.165, 1.54) is 17.3 Å². The number of amides is 5. The van der Waals surface area contributed by atoms with Crippen LogP contribution < -0.4 is 26.2 Å². The van der Waals surface area contributed by atoms with Gasteiger partial charge in [0.15, 0.2) is 0 Å². The monoisotopic (exact) mass is 791 g/mol. The van der Waals surface area contributed by atoms with Gasteiger partial charge in [-0.15, -0.1) is 0 Å². The lowest BCUT2D eigenvalue weighted by molar-refractivity contribution is -0.132. The number of aromatic amines is 1. The van der Waals surface area contributed by atoms with Crippen LogP contribution in [0.3, 0.4) is 0 Å². The fourth-order valence-corrected chi connectivity index (χ4v) is 7.37. The van der Waals surface area contributed by atoms with E-state index >= 15 is 0 Å². The SMILES string of the molecule is CC[C@@H]1NC(=O)CN(C(=O)c2cnc(N3CCOCC3)nc2)CCCNC(=O)c2ccc3nc(C)n(c3c2)CCCNC(=O)[C@@H](Cc2c[nH]c3ccccc23)NC1=O. The highest BCUT2D eigenvalue weighted by atomic mass is 16.5. The molecular weight excluding hydrogens is 743 g/mol. The molecule has 5 heterocycles. The first-order valence-electron chi connectivity index (χ1n) is 19.8. The highest BCUT2D eigenvalue weighted by molar-refractivity contribution is 5.98. The normalized spacial score (nSPS) is 19.6. The summed E-state index contributed by atoms with van der Waals surface area (Å²) in [6, 6.07) is 11.1. The zero-order chi connectivity index (χ0) is 40.6. The molecule has 17 heteroatoms. The third-order valence-corrected chi connectivity index (χ3v) is 10.5. The molecule has 5 N–H and O–H groups in total. The summed E-state index contributed by atoms with van der Waals surface area (Å²) >= 11 is 0. The molecular formula is C41H49N11O6. The van der Waals surface area contributed by atoms with Crippen molar-refractivity contribution in [2.45, 2.75) is 58.2 Å². The van der Waals surface area contributed by atoms with Crippen molar-refractivity contribution in [3.63, 3.8) is 0 Å². The average Bonchev–Trinajstić information content (AvgIpc) is 3.80. The number of imidazole rings is 1. The number of ether oxygens (including phenoxy) is 1. The summed E-state index contributed by atoms with van der Waals surface area (Å²) in [6.07, 6.45) is 6.04. The number of morpholine rings is 1. The second-order valence-electron chi connectivity index (χ2n) is 14.5. The van der Waals surface area contributed by atoms with Gasteiger partial charge in [-0.3, -0.25) is 24.0 Å². The van der Waals surface area contributed by atoms with Gasteiger partial charge in [0.2, 0.25) is 23.7 Å². The number of H-pyrrole nitrogens is 1. The lowest BCUT2D eigenvalue weighted by Crippen LogP contribution is -2.55. The van der Waals surface area contributed by atoms with Crippen LogP contribution in [0.2, 0.25) is 0 Å². The molecule has 1 fully saturated rings. The number of nitrogens with one attached hydrogen (secondary N) is 5. The number of para-hydroxylation sites is 1. The number of rotatable bonds is 5. The number of aryl methyl sites for hydroxylation is 2. The van der Waals surface area contributed by atoms with Crippen molar-refractivity contribution >= 4 is 57.4 Å². The van der Waals surface area contributed by atoms with Crippen LogP contribution in [-0.4, -0.2) is 124 Å². The molecule has 0 aliphatic carbocycles. The van der Waals surface area contributed by atoms with Gasteiger partial charge in [-0.1, -0.05) is 25.1 Å². The van der Waals surface area contributed by atoms with Crippen molar-refractivity contribution in [3.05, 3.63) is 83.6 Å². The number of anilines is 1. The van der Waals surface area contributed by atoms with E-state index in [4.69, 9.17) is 4.74 Å². The first-order valence-corrected chi connectivity index (χ1v) is 19.8. The first-order chi connectivity index (χ1) is 28.2. The zero-order valence-corrected chi connectivity index (χ0v) is 32.8. The van der Waals surface area contributed by atoms with E-state index in [-0.39, 0.29) is 49.9 Å². The average molecular weight is 792 g/mol. The highest BCUT2D eigenvalue weighted by Crippen LogP contribution is 2.21. The Morgan fingerprint density at radius 2 is 1.64 bits per heavy atom. The summed E-state index contributed by atoms with van der Waals surface area (Å²) in [5.74, 6) is -0.980. The second kappa shape index (κ2) is 18.3. The first kappa shape index (κ1) is 39.9. The lowest BCUT2D eigenvalue weighted by atomic mass is 10.0. The molecule has 2 aliphatic rings.